The van der Waals surface area contributed by atoms with E-state index in [9.17, 15) is 9.18 Å². The van der Waals surface area contributed by atoms with E-state index in [2.05, 4.69) is 10.4 Å². The molecule has 30 heavy (non-hydrogen) atoms. The lowest BCUT2D eigenvalue weighted by Gasteiger charge is -2.09. The number of benzene rings is 2. The zero-order valence-electron chi connectivity index (χ0n) is 16.2. The number of halogens is 1. The number of nitrogens with one attached hydrogen (secondary N) is 1. The molecule has 1 aliphatic rings. The summed E-state index contributed by atoms with van der Waals surface area (Å²) in [5, 5.41) is 25.8. The summed E-state index contributed by atoms with van der Waals surface area (Å²) in [5.74, 6) is -0.364. The number of rotatable bonds is 7. The molecule has 2 unspecified atom stereocenters. The van der Waals surface area contributed by atoms with Gasteiger partial charge in [-0.2, -0.15) is 5.26 Å². The molecule has 2 atom stereocenters. The first-order valence-corrected chi connectivity index (χ1v) is 9.41. The number of aliphatic carboxylic acids is 1. The largest absolute Gasteiger partial charge is 0.497 e. The van der Waals surface area contributed by atoms with E-state index >= 15 is 0 Å². The molecule has 152 valence electrons. The molecule has 0 saturated heterocycles. The van der Waals surface area contributed by atoms with Crippen LogP contribution in [0.2, 0.25) is 0 Å². The Morgan fingerprint density at radius 1 is 1.33 bits per heavy atom. The lowest BCUT2D eigenvalue weighted by Crippen LogP contribution is -2.09. The Morgan fingerprint density at radius 2 is 2.10 bits per heavy atom. The van der Waals surface area contributed by atoms with Crippen LogP contribution in [0.3, 0.4) is 0 Å². The molecule has 0 aliphatic heterocycles. The summed E-state index contributed by atoms with van der Waals surface area (Å²) in [7, 11) is 1.58. The molecular weight excluding hydrogens is 387 g/mol. The fraction of sp³-hybridized carbons (Fsp3) is 0.227. The number of aromatic nitrogens is 2. The zero-order chi connectivity index (χ0) is 21.3. The van der Waals surface area contributed by atoms with E-state index in [0.29, 0.717) is 35.8 Å². The fourth-order valence-corrected chi connectivity index (χ4v) is 3.37. The first-order chi connectivity index (χ1) is 14.5. The fourth-order valence-electron chi connectivity index (χ4n) is 3.37. The first-order valence-electron chi connectivity index (χ1n) is 9.41. The lowest BCUT2D eigenvalue weighted by atomic mass is 10.1. The number of methoxy groups -OCH3 is 1. The number of anilines is 1. The summed E-state index contributed by atoms with van der Waals surface area (Å²) in [6.45, 7) is 0.498. The quantitative estimate of drug-likeness (QED) is 0.621. The molecule has 0 spiro atoms. The van der Waals surface area contributed by atoms with Gasteiger partial charge in [0.25, 0.3) is 0 Å². The molecule has 2 aromatic carbocycles. The van der Waals surface area contributed by atoms with Crippen molar-refractivity contribution < 1.29 is 19.0 Å². The van der Waals surface area contributed by atoms with Crippen molar-refractivity contribution >= 4 is 11.8 Å². The van der Waals surface area contributed by atoms with Gasteiger partial charge in [0.15, 0.2) is 0 Å². The molecule has 8 heteroatoms. The minimum absolute atomic E-state index is 0.0268. The van der Waals surface area contributed by atoms with Crippen LogP contribution in [0.1, 0.15) is 12.0 Å². The third-order valence-electron chi connectivity index (χ3n) is 5.20. The molecule has 7 nitrogen and oxygen atoms in total. The average Bonchev–Trinajstić information content (AvgIpc) is 3.42. The van der Waals surface area contributed by atoms with Crippen molar-refractivity contribution in [1.29, 1.82) is 5.26 Å². The summed E-state index contributed by atoms with van der Waals surface area (Å²) in [4.78, 5) is 11.0. The van der Waals surface area contributed by atoms with Gasteiger partial charge in [0.2, 0.25) is 0 Å². The van der Waals surface area contributed by atoms with E-state index in [1.165, 1.54) is 12.1 Å². The molecule has 0 amide bonds. The first kappa shape index (κ1) is 19.5. The topological polar surface area (TPSA) is 100 Å². The van der Waals surface area contributed by atoms with E-state index in [-0.39, 0.29) is 17.4 Å². The molecular formula is C22H19FN4O3. The molecule has 4 rings (SSSR count). The smallest absolute Gasteiger partial charge is 0.306 e. The summed E-state index contributed by atoms with van der Waals surface area (Å²) in [5.41, 5.74) is 1.92. The number of hydrogen-bond donors (Lipinski definition) is 2. The molecule has 1 aliphatic carbocycles. The molecule has 0 radical (unpaired) electrons. The van der Waals surface area contributed by atoms with Crippen LogP contribution in [0.25, 0.3) is 16.9 Å². The van der Waals surface area contributed by atoms with Crippen LogP contribution in [0, 0.1) is 29.0 Å². The highest BCUT2D eigenvalue weighted by molar-refractivity contribution is 5.73. The predicted molar refractivity (Wildman–Crippen MR) is 108 cm³/mol. The van der Waals surface area contributed by atoms with Crippen molar-refractivity contribution in [3.05, 3.63) is 59.9 Å². The zero-order valence-corrected chi connectivity index (χ0v) is 16.2. The van der Waals surface area contributed by atoms with Crippen molar-refractivity contribution in [3.63, 3.8) is 0 Å². The molecule has 2 N–H and O–H groups in total. The van der Waals surface area contributed by atoms with Crippen LogP contribution in [0.4, 0.5) is 10.2 Å². The van der Waals surface area contributed by atoms with Gasteiger partial charge in [-0.1, -0.05) is 6.07 Å². The van der Waals surface area contributed by atoms with Gasteiger partial charge < -0.3 is 15.2 Å². The standard InChI is InChI=1S/C22H19FN4O3/c1-30-17-6-4-16(5-7-17)27-20(13-2-3-14(11-24)19(23)9-13)10-21(26-27)25-12-15-8-18(15)22(28)29/h2-7,9-10,15,18H,8,12H2,1H3,(H,25,26)(H,28,29). The summed E-state index contributed by atoms with van der Waals surface area (Å²) in [6, 6.07) is 15.3. The SMILES string of the molecule is COc1ccc(-n2nc(NCC3CC3C(=O)O)cc2-c2ccc(C#N)c(F)c2)cc1. The van der Waals surface area contributed by atoms with Gasteiger partial charge in [-0.05, 0) is 48.7 Å². The molecule has 1 fully saturated rings. The maximum absolute atomic E-state index is 14.2. The second-order valence-corrected chi connectivity index (χ2v) is 7.15. The van der Waals surface area contributed by atoms with Crippen LogP contribution < -0.4 is 10.1 Å². The van der Waals surface area contributed by atoms with Crippen LogP contribution in [0.15, 0.2) is 48.5 Å². The highest BCUT2D eigenvalue weighted by atomic mass is 19.1. The highest BCUT2D eigenvalue weighted by Crippen LogP contribution is 2.38. The van der Waals surface area contributed by atoms with Gasteiger partial charge in [0.05, 0.1) is 30.0 Å². The Kier molecular flexibility index (Phi) is 5.11. The van der Waals surface area contributed by atoms with Crippen molar-refractivity contribution in [2.45, 2.75) is 6.42 Å². The van der Waals surface area contributed by atoms with Crippen molar-refractivity contribution in [1.82, 2.24) is 9.78 Å². The van der Waals surface area contributed by atoms with Crippen molar-refractivity contribution in [2.75, 3.05) is 19.0 Å². The number of ether oxygens (including phenoxy) is 1. The number of hydrogen-bond acceptors (Lipinski definition) is 5. The van der Waals surface area contributed by atoms with Crippen molar-refractivity contribution in [3.8, 4) is 28.8 Å². The van der Waals surface area contributed by atoms with E-state index < -0.39 is 11.8 Å². The number of nitriles is 1. The van der Waals surface area contributed by atoms with Gasteiger partial charge >= 0.3 is 5.97 Å². The Balaban J connectivity index is 1.67. The summed E-state index contributed by atoms with van der Waals surface area (Å²) in [6.07, 6.45) is 0.648. The van der Waals surface area contributed by atoms with Crippen molar-refractivity contribution in [2.24, 2.45) is 11.8 Å². The highest BCUT2D eigenvalue weighted by Gasteiger charge is 2.42. The Labute approximate surface area is 172 Å². The third kappa shape index (κ3) is 3.82. The maximum atomic E-state index is 14.2. The molecule has 1 aromatic heterocycles. The molecule has 0 bridgehead atoms. The van der Waals surface area contributed by atoms with E-state index in [1.54, 1.807) is 36.1 Å². The number of carboxylic acid groups (broad SMARTS) is 1. The third-order valence-corrected chi connectivity index (χ3v) is 5.20. The predicted octanol–water partition coefficient (Wildman–Crippen LogP) is 3.69. The maximum Gasteiger partial charge on any atom is 0.306 e. The van der Waals surface area contributed by atoms with Gasteiger partial charge in [0.1, 0.15) is 23.5 Å². The monoisotopic (exact) mass is 406 g/mol. The second-order valence-electron chi connectivity index (χ2n) is 7.15. The summed E-state index contributed by atoms with van der Waals surface area (Å²) >= 11 is 0. The molecule has 1 heterocycles. The Morgan fingerprint density at radius 3 is 2.70 bits per heavy atom. The van der Waals surface area contributed by atoms with E-state index in [1.807, 2.05) is 18.2 Å². The Bertz CT molecular complexity index is 1130. The van der Waals surface area contributed by atoms with Crippen LogP contribution >= 0.6 is 0 Å². The van der Waals surface area contributed by atoms with E-state index in [0.717, 1.165) is 5.69 Å². The van der Waals surface area contributed by atoms with Crippen LogP contribution in [-0.4, -0.2) is 34.5 Å². The van der Waals surface area contributed by atoms with E-state index in [4.69, 9.17) is 15.1 Å². The number of nitrogens with zero attached hydrogens (tertiary/aromatic N) is 3. The molecule has 1 saturated carbocycles. The minimum Gasteiger partial charge on any atom is -0.497 e. The second kappa shape index (κ2) is 7.87. The normalized spacial score (nSPS) is 17.2. The van der Waals surface area contributed by atoms with Gasteiger partial charge in [-0.3, -0.25) is 4.79 Å². The summed E-state index contributed by atoms with van der Waals surface area (Å²) < 4.78 is 21.1. The van der Waals surface area contributed by atoms with Crippen LogP contribution in [-0.2, 0) is 4.79 Å². The van der Waals surface area contributed by atoms with Gasteiger partial charge in [-0.25, -0.2) is 9.07 Å². The Hall–Kier alpha value is -3.86. The van der Waals surface area contributed by atoms with Gasteiger partial charge in [0, 0.05) is 18.2 Å². The number of carboxylic acids is 1. The minimum atomic E-state index is -0.778. The number of carbonyl (C=O) groups is 1. The lowest BCUT2D eigenvalue weighted by molar-refractivity contribution is -0.138. The average molecular weight is 406 g/mol. The molecule has 3 aromatic rings. The van der Waals surface area contributed by atoms with Crippen LogP contribution in [0.5, 0.6) is 5.75 Å². The van der Waals surface area contributed by atoms with Gasteiger partial charge in [-0.15, -0.1) is 5.10 Å².